The molecule has 0 atom stereocenters. The zero-order valence-corrected chi connectivity index (χ0v) is 12.5. The van der Waals surface area contributed by atoms with Gasteiger partial charge in [0.2, 0.25) is 5.91 Å². The second-order valence-electron chi connectivity index (χ2n) is 4.22. The van der Waals surface area contributed by atoms with Gasteiger partial charge in [-0.25, -0.2) is 0 Å². The molecule has 0 bridgehead atoms. The first-order chi connectivity index (χ1) is 9.49. The van der Waals surface area contributed by atoms with Crippen molar-refractivity contribution < 1.29 is 9.59 Å². The van der Waals surface area contributed by atoms with Crippen LogP contribution in [-0.2, 0) is 11.3 Å². The van der Waals surface area contributed by atoms with Crippen LogP contribution < -0.4 is 0 Å². The Kier molecular flexibility index (Phi) is 4.46. The third kappa shape index (κ3) is 3.20. The summed E-state index contributed by atoms with van der Waals surface area (Å²) in [5.74, 6) is -0.697. The van der Waals surface area contributed by atoms with Crippen LogP contribution in [-0.4, -0.2) is 26.3 Å². The van der Waals surface area contributed by atoms with Crippen LogP contribution in [0.15, 0.2) is 24.3 Å². The van der Waals surface area contributed by atoms with Gasteiger partial charge in [-0.15, -0.1) is 5.10 Å². The molecule has 0 N–H and O–H groups in total. The van der Waals surface area contributed by atoms with Gasteiger partial charge in [-0.2, -0.15) is 0 Å². The Bertz CT molecular complexity index is 639. The first-order valence-corrected chi connectivity index (χ1v) is 7.00. The number of hydrogen-bond donors (Lipinski definition) is 0. The second kappa shape index (κ2) is 6.11. The van der Waals surface area contributed by atoms with Gasteiger partial charge < -0.3 is 0 Å². The van der Waals surface area contributed by atoms with Gasteiger partial charge in [-0.1, -0.05) is 28.2 Å². The van der Waals surface area contributed by atoms with Gasteiger partial charge >= 0.3 is 0 Å². The molecule has 1 aromatic carbocycles. The summed E-state index contributed by atoms with van der Waals surface area (Å²) in [6.07, 6.45) is 0. The number of carbonyl (C=O) groups is 2. The molecular weight excluding hydrogens is 298 g/mol. The average Bonchev–Trinajstić information content (AvgIpc) is 2.83. The van der Waals surface area contributed by atoms with Crippen LogP contribution in [0.3, 0.4) is 0 Å². The van der Waals surface area contributed by atoms with E-state index in [0.717, 1.165) is 17.1 Å². The molecule has 20 heavy (non-hydrogen) atoms. The number of benzene rings is 1. The lowest BCUT2D eigenvalue weighted by atomic mass is 10.2. The molecule has 0 radical (unpaired) electrons. The monoisotopic (exact) mass is 309 g/mol. The van der Waals surface area contributed by atoms with Crippen molar-refractivity contribution in [2.24, 2.45) is 0 Å². The number of carbonyl (C=O) groups excluding carboxylic acids is 2. The zero-order valence-electron chi connectivity index (χ0n) is 11.0. The maximum atomic E-state index is 12.3. The Morgan fingerprint density at radius 2 is 1.95 bits per heavy atom. The summed E-state index contributed by atoms with van der Waals surface area (Å²) >= 11 is 6.80. The maximum Gasteiger partial charge on any atom is 0.274 e. The normalized spacial score (nSPS) is 10.3. The minimum absolute atomic E-state index is 0.197. The van der Waals surface area contributed by atoms with Gasteiger partial charge in [0.15, 0.2) is 0 Å². The molecule has 0 unspecified atom stereocenters. The van der Waals surface area contributed by atoms with Gasteiger partial charge in [-0.05, 0) is 36.2 Å². The van der Waals surface area contributed by atoms with E-state index in [1.54, 1.807) is 31.2 Å². The molecule has 1 heterocycles. The van der Waals surface area contributed by atoms with Gasteiger partial charge in [0.05, 0.1) is 12.2 Å². The maximum absolute atomic E-state index is 12.3. The Morgan fingerprint density at radius 3 is 2.45 bits per heavy atom. The molecule has 1 aromatic heterocycles. The van der Waals surface area contributed by atoms with Crippen LogP contribution in [0.2, 0.25) is 5.02 Å². The lowest BCUT2D eigenvalue weighted by molar-refractivity contribution is -0.126. The Hall–Kier alpha value is -1.79. The summed E-state index contributed by atoms with van der Waals surface area (Å²) in [5, 5.41) is 4.40. The van der Waals surface area contributed by atoms with E-state index in [0.29, 0.717) is 15.6 Å². The molecule has 5 nitrogen and oxygen atoms in total. The number of hydrogen-bond acceptors (Lipinski definition) is 5. The molecule has 2 rings (SSSR count). The molecule has 2 amide bonds. The summed E-state index contributed by atoms with van der Waals surface area (Å²) in [6, 6.07) is 7.00. The minimum atomic E-state index is -0.375. The van der Waals surface area contributed by atoms with Crippen molar-refractivity contribution in [3.8, 4) is 0 Å². The highest BCUT2D eigenvalue weighted by atomic mass is 35.5. The molecule has 0 fully saturated rings. The molecule has 0 spiro atoms. The van der Waals surface area contributed by atoms with Crippen molar-refractivity contribution in [2.45, 2.75) is 20.4 Å². The van der Waals surface area contributed by atoms with E-state index in [-0.39, 0.29) is 18.4 Å². The predicted octanol–water partition coefficient (Wildman–Crippen LogP) is 2.69. The predicted molar refractivity (Wildman–Crippen MR) is 76.7 cm³/mol. The van der Waals surface area contributed by atoms with E-state index < -0.39 is 0 Å². The number of aryl methyl sites for hydroxylation is 1. The highest BCUT2D eigenvalue weighted by Crippen LogP contribution is 2.16. The lowest BCUT2D eigenvalue weighted by Gasteiger charge is -2.18. The van der Waals surface area contributed by atoms with E-state index in [9.17, 15) is 9.59 Å². The van der Waals surface area contributed by atoms with E-state index in [4.69, 9.17) is 11.6 Å². The van der Waals surface area contributed by atoms with Gasteiger partial charge in [0, 0.05) is 11.9 Å². The largest absolute Gasteiger partial charge is 0.275 e. The SMILES string of the molecule is CC(=O)N(Cc1ccc(Cl)cc1)C(=O)c1snnc1C. The van der Waals surface area contributed by atoms with E-state index in [2.05, 4.69) is 9.59 Å². The molecule has 7 heteroatoms. The highest BCUT2D eigenvalue weighted by molar-refractivity contribution is 7.08. The van der Waals surface area contributed by atoms with Crippen LogP contribution in [0.5, 0.6) is 0 Å². The Labute approximate surface area is 125 Å². The van der Waals surface area contributed by atoms with Crippen molar-refractivity contribution in [3.63, 3.8) is 0 Å². The van der Waals surface area contributed by atoms with Crippen LogP contribution in [0.1, 0.15) is 27.9 Å². The standard InChI is InChI=1S/C13H12ClN3O2S/c1-8-12(20-16-15-8)13(19)17(9(2)18)7-10-3-5-11(14)6-4-10/h3-6H,7H2,1-2H3. The molecule has 0 aliphatic heterocycles. The molecule has 2 aromatic rings. The van der Waals surface area contributed by atoms with Crippen molar-refractivity contribution in [3.05, 3.63) is 45.4 Å². The average molecular weight is 310 g/mol. The quantitative estimate of drug-likeness (QED) is 0.874. The molecule has 0 aliphatic carbocycles. The van der Waals surface area contributed by atoms with Gasteiger partial charge in [0.1, 0.15) is 4.88 Å². The van der Waals surface area contributed by atoms with Crippen LogP contribution in [0.25, 0.3) is 0 Å². The van der Waals surface area contributed by atoms with Crippen molar-refractivity contribution >= 4 is 34.9 Å². The van der Waals surface area contributed by atoms with Gasteiger partial charge in [-0.3, -0.25) is 14.5 Å². The van der Waals surface area contributed by atoms with E-state index >= 15 is 0 Å². The topological polar surface area (TPSA) is 63.2 Å². The zero-order chi connectivity index (χ0) is 14.7. The highest BCUT2D eigenvalue weighted by Gasteiger charge is 2.23. The summed E-state index contributed by atoms with van der Waals surface area (Å²) in [6.45, 7) is 3.25. The third-order valence-corrected chi connectivity index (χ3v) is 3.79. The summed E-state index contributed by atoms with van der Waals surface area (Å²) in [7, 11) is 0. The number of nitrogens with zero attached hydrogens (tertiary/aromatic N) is 3. The minimum Gasteiger partial charge on any atom is -0.275 e. The van der Waals surface area contributed by atoms with Crippen LogP contribution in [0.4, 0.5) is 0 Å². The molecular formula is C13H12ClN3O2S. The second-order valence-corrected chi connectivity index (χ2v) is 5.41. The summed E-state index contributed by atoms with van der Waals surface area (Å²) in [4.78, 5) is 25.6. The molecule has 0 saturated heterocycles. The molecule has 0 aliphatic rings. The number of aromatic nitrogens is 2. The fraction of sp³-hybridized carbons (Fsp3) is 0.231. The van der Waals surface area contributed by atoms with Crippen molar-refractivity contribution in [2.75, 3.05) is 0 Å². The van der Waals surface area contributed by atoms with Gasteiger partial charge in [0.25, 0.3) is 5.91 Å². The Morgan fingerprint density at radius 1 is 1.30 bits per heavy atom. The van der Waals surface area contributed by atoms with E-state index in [1.807, 2.05) is 0 Å². The van der Waals surface area contributed by atoms with Crippen LogP contribution >= 0.6 is 23.1 Å². The number of amides is 2. The van der Waals surface area contributed by atoms with E-state index in [1.165, 1.54) is 11.8 Å². The smallest absolute Gasteiger partial charge is 0.274 e. The first-order valence-electron chi connectivity index (χ1n) is 5.85. The summed E-state index contributed by atoms with van der Waals surface area (Å²) in [5.41, 5.74) is 1.36. The van der Waals surface area contributed by atoms with Crippen molar-refractivity contribution in [1.82, 2.24) is 14.5 Å². The summed E-state index contributed by atoms with van der Waals surface area (Å²) < 4.78 is 3.72. The molecule has 104 valence electrons. The fourth-order valence-corrected chi connectivity index (χ4v) is 2.38. The van der Waals surface area contributed by atoms with Crippen LogP contribution in [0, 0.1) is 6.92 Å². The Balaban J connectivity index is 2.24. The molecule has 0 saturated carbocycles. The number of rotatable bonds is 3. The van der Waals surface area contributed by atoms with Crippen molar-refractivity contribution in [1.29, 1.82) is 0 Å². The number of imide groups is 1. The number of halogens is 1. The fourth-order valence-electron chi connectivity index (χ4n) is 1.65. The third-order valence-electron chi connectivity index (χ3n) is 2.72. The lowest BCUT2D eigenvalue weighted by Crippen LogP contribution is -2.34. The first kappa shape index (κ1) is 14.6.